The molecule has 0 radical (unpaired) electrons. The third kappa shape index (κ3) is 5.96. The number of fused-ring (bicyclic) bond motifs is 4. The molecule has 2 aromatic heterocycles. The van der Waals surface area contributed by atoms with Crippen molar-refractivity contribution in [2.75, 3.05) is 0 Å². The third-order valence-electron chi connectivity index (χ3n) is 11.9. The first-order chi connectivity index (χ1) is 28.5. The van der Waals surface area contributed by atoms with Gasteiger partial charge < -0.3 is 0 Å². The molecule has 0 N–H and O–H groups in total. The highest BCUT2D eigenvalue weighted by molar-refractivity contribution is 6.16. The lowest BCUT2D eigenvalue weighted by atomic mass is 9.84. The molecule has 8 aromatic carbocycles. The zero-order valence-corrected chi connectivity index (χ0v) is 33.4. The fourth-order valence-corrected chi connectivity index (χ4v) is 9.37. The summed E-state index contributed by atoms with van der Waals surface area (Å²) < 4.78 is 0. The van der Waals surface area contributed by atoms with E-state index in [0.29, 0.717) is 11.8 Å². The molecule has 10 rings (SSSR count). The van der Waals surface area contributed by atoms with Crippen molar-refractivity contribution in [1.82, 2.24) is 9.97 Å². The van der Waals surface area contributed by atoms with Crippen molar-refractivity contribution < 1.29 is 0 Å². The van der Waals surface area contributed by atoms with Crippen molar-refractivity contribution in [3.05, 3.63) is 193 Å². The fraction of sp³-hybridized carbons (Fsp3) is 0.107. The van der Waals surface area contributed by atoms with Crippen molar-refractivity contribution >= 4 is 43.1 Å². The van der Waals surface area contributed by atoms with Gasteiger partial charge in [0.2, 0.25) is 0 Å². The van der Waals surface area contributed by atoms with Gasteiger partial charge >= 0.3 is 0 Å². The molecule has 58 heavy (non-hydrogen) atoms. The lowest BCUT2D eigenvalue weighted by molar-refractivity contribution is 0.885. The standard InChI is InChI=1S/C56H44N2/c1-35(2)52-42-15-5-9-19-46(42)54(47-20-10-6-16-43(47)52)38-26-24-37(25-27-38)41-32-33-51(50-23-13-14-34-57-50)58-56(41)40-30-28-39(29-31-40)55-48-21-11-7-17-44(48)53(36(3)4)45-18-8-12-22-49(45)55/h5-36H,1-4H3. The Hall–Kier alpha value is -6.90. The maximum Gasteiger partial charge on any atom is 0.0894 e. The van der Waals surface area contributed by atoms with E-state index in [1.165, 1.54) is 76.5 Å². The van der Waals surface area contributed by atoms with Crippen LogP contribution in [0.2, 0.25) is 0 Å². The Morgan fingerprint density at radius 2 is 0.707 bits per heavy atom. The van der Waals surface area contributed by atoms with Crippen LogP contribution in [0, 0.1) is 0 Å². The minimum absolute atomic E-state index is 0.403. The predicted molar refractivity (Wildman–Crippen MR) is 247 cm³/mol. The van der Waals surface area contributed by atoms with E-state index in [9.17, 15) is 0 Å². The van der Waals surface area contributed by atoms with Crippen LogP contribution in [0.25, 0.3) is 99.1 Å². The van der Waals surface area contributed by atoms with Gasteiger partial charge in [-0.15, -0.1) is 0 Å². The van der Waals surface area contributed by atoms with Gasteiger partial charge in [-0.25, -0.2) is 4.98 Å². The highest BCUT2D eigenvalue weighted by Gasteiger charge is 2.20. The molecule has 2 nitrogen and oxygen atoms in total. The molecule has 2 heterocycles. The van der Waals surface area contributed by atoms with Crippen LogP contribution in [0.4, 0.5) is 0 Å². The van der Waals surface area contributed by atoms with Crippen molar-refractivity contribution in [1.29, 1.82) is 0 Å². The molecule has 2 heteroatoms. The first kappa shape index (κ1) is 35.5. The largest absolute Gasteiger partial charge is 0.255 e. The highest BCUT2D eigenvalue weighted by atomic mass is 14.8. The van der Waals surface area contributed by atoms with Crippen LogP contribution < -0.4 is 0 Å². The maximum atomic E-state index is 5.35. The van der Waals surface area contributed by atoms with Gasteiger partial charge in [-0.3, -0.25) is 4.98 Å². The van der Waals surface area contributed by atoms with Crippen LogP contribution >= 0.6 is 0 Å². The van der Waals surface area contributed by atoms with Crippen molar-refractivity contribution in [2.45, 2.75) is 39.5 Å². The van der Waals surface area contributed by atoms with E-state index < -0.39 is 0 Å². The second-order valence-electron chi connectivity index (χ2n) is 16.0. The second kappa shape index (κ2) is 14.6. The molecule has 0 fully saturated rings. The van der Waals surface area contributed by atoms with Crippen molar-refractivity contribution in [3.8, 4) is 56.0 Å². The van der Waals surface area contributed by atoms with Crippen LogP contribution in [-0.4, -0.2) is 9.97 Å². The quantitative estimate of drug-likeness (QED) is 0.152. The molecule has 0 spiro atoms. The summed E-state index contributed by atoms with van der Waals surface area (Å²) in [6, 6.07) is 64.0. The topological polar surface area (TPSA) is 25.8 Å². The Morgan fingerprint density at radius 1 is 0.328 bits per heavy atom. The van der Waals surface area contributed by atoms with Crippen molar-refractivity contribution in [3.63, 3.8) is 0 Å². The van der Waals surface area contributed by atoms with Gasteiger partial charge in [0.05, 0.1) is 17.1 Å². The molecule has 0 aliphatic rings. The van der Waals surface area contributed by atoms with Gasteiger partial charge in [0, 0.05) is 17.3 Å². The summed E-state index contributed by atoms with van der Waals surface area (Å²) in [7, 11) is 0. The number of rotatable bonds is 7. The van der Waals surface area contributed by atoms with Gasteiger partial charge in [0.15, 0.2) is 0 Å². The number of aromatic nitrogens is 2. The molecule has 0 aliphatic carbocycles. The fourth-order valence-electron chi connectivity index (χ4n) is 9.37. The normalized spacial score (nSPS) is 11.8. The molecular formula is C56H44N2. The molecule has 10 aromatic rings. The van der Waals surface area contributed by atoms with E-state index in [1.54, 1.807) is 0 Å². The summed E-state index contributed by atoms with van der Waals surface area (Å²) in [6.07, 6.45) is 1.83. The molecule has 0 unspecified atom stereocenters. The number of nitrogens with zero attached hydrogens (tertiary/aromatic N) is 2. The summed E-state index contributed by atoms with van der Waals surface area (Å²) in [5.41, 5.74) is 13.7. The molecule has 0 amide bonds. The van der Waals surface area contributed by atoms with E-state index in [2.05, 4.69) is 190 Å². The highest BCUT2D eigenvalue weighted by Crippen LogP contribution is 2.45. The molecular weight excluding hydrogens is 701 g/mol. The molecule has 278 valence electrons. The molecule has 0 saturated carbocycles. The Morgan fingerprint density at radius 3 is 1.10 bits per heavy atom. The first-order valence-corrected chi connectivity index (χ1v) is 20.5. The molecule has 0 bridgehead atoms. The van der Waals surface area contributed by atoms with Crippen LogP contribution in [0.3, 0.4) is 0 Å². The number of pyridine rings is 2. The van der Waals surface area contributed by atoms with Crippen LogP contribution in [0.5, 0.6) is 0 Å². The van der Waals surface area contributed by atoms with E-state index in [4.69, 9.17) is 4.98 Å². The van der Waals surface area contributed by atoms with Gasteiger partial charge in [-0.05, 0) is 118 Å². The molecule has 0 aliphatic heterocycles. The maximum absolute atomic E-state index is 5.35. The summed E-state index contributed by atoms with van der Waals surface area (Å²) in [6.45, 7) is 9.20. The Bertz CT molecular complexity index is 3030. The number of hydrogen-bond donors (Lipinski definition) is 0. The minimum Gasteiger partial charge on any atom is -0.255 e. The monoisotopic (exact) mass is 744 g/mol. The smallest absolute Gasteiger partial charge is 0.0894 e. The van der Waals surface area contributed by atoms with Gasteiger partial charge in [-0.1, -0.05) is 179 Å². The van der Waals surface area contributed by atoms with E-state index in [0.717, 1.165) is 33.8 Å². The van der Waals surface area contributed by atoms with Crippen LogP contribution in [-0.2, 0) is 0 Å². The lowest BCUT2D eigenvalue weighted by Crippen LogP contribution is -1.96. The average molecular weight is 745 g/mol. The van der Waals surface area contributed by atoms with Gasteiger partial charge in [0.1, 0.15) is 0 Å². The summed E-state index contributed by atoms with van der Waals surface area (Å²) in [5.74, 6) is 0.810. The first-order valence-electron chi connectivity index (χ1n) is 20.5. The Labute approximate surface area is 340 Å². The van der Waals surface area contributed by atoms with Gasteiger partial charge in [0.25, 0.3) is 0 Å². The summed E-state index contributed by atoms with van der Waals surface area (Å²) in [5, 5.41) is 10.4. The summed E-state index contributed by atoms with van der Waals surface area (Å²) in [4.78, 5) is 10.0. The second-order valence-corrected chi connectivity index (χ2v) is 16.0. The lowest BCUT2D eigenvalue weighted by Gasteiger charge is -2.20. The van der Waals surface area contributed by atoms with Gasteiger partial charge in [-0.2, -0.15) is 0 Å². The van der Waals surface area contributed by atoms with Crippen LogP contribution in [0.15, 0.2) is 182 Å². The number of benzene rings is 8. The van der Waals surface area contributed by atoms with Crippen LogP contribution in [0.1, 0.15) is 50.7 Å². The number of hydrogen-bond acceptors (Lipinski definition) is 2. The average Bonchev–Trinajstić information content (AvgIpc) is 3.27. The molecule has 0 saturated heterocycles. The SMILES string of the molecule is CC(C)c1c2ccccc2c(-c2ccc(-c3ccc(-c4ccccn4)nc3-c3ccc(-c4c5ccccc5c(C(C)C)c5ccccc45)cc3)cc2)c2ccccc12. The van der Waals surface area contributed by atoms with E-state index in [-0.39, 0.29) is 0 Å². The zero-order chi connectivity index (χ0) is 39.3. The van der Waals surface area contributed by atoms with E-state index in [1.807, 2.05) is 24.4 Å². The zero-order valence-electron chi connectivity index (χ0n) is 33.4. The molecule has 0 atom stereocenters. The Kier molecular flexibility index (Phi) is 8.91. The minimum atomic E-state index is 0.403. The summed E-state index contributed by atoms with van der Waals surface area (Å²) >= 11 is 0. The Balaban J connectivity index is 1.12. The van der Waals surface area contributed by atoms with Crippen molar-refractivity contribution in [2.24, 2.45) is 0 Å². The predicted octanol–water partition coefficient (Wildman–Crippen LogP) is 15.7. The third-order valence-corrected chi connectivity index (χ3v) is 11.9. The van der Waals surface area contributed by atoms with E-state index >= 15 is 0 Å².